The van der Waals surface area contributed by atoms with Gasteiger partial charge in [0, 0.05) is 34.4 Å². The van der Waals surface area contributed by atoms with E-state index in [0.717, 1.165) is 24.9 Å². The van der Waals surface area contributed by atoms with Crippen LogP contribution in [0.3, 0.4) is 0 Å². The summed E-state index contributed by atoms with van der Waals surface area (Å²) in [6.45, 7) is 9.66. The molecule has 0 spiro atoms. The van der Waals surface area contributed by atoms with Gasteiger partial charge in [-0.2, -0.15) is 0 Å². The molecule has 1 aromatic heterocycles. The van der Waals surface area contributed by atoms with Crippen LogP contribution in [-0.2, 0) is 11.3 Å². The predicted molar refractivity (Wildman–Crippen MR) is 139 cm³/mol. The average molecular weight is 440 g/mol. The summed E-state index contributed by atoms with van der Waals surface area (Å²) in [4.78, 5) is 12.4. The fourth-order valence-corrected chi connectivity index (χ4v) is 5.12. The first-order valence-electron chi connectivity index (χ1n) is 11.8. The number of aryl methyl sites for hydroxylation is 1. The van der Waals surface area contributed by atoms with Crippen molar-refractivity contribution in [2.24, 2.45) is 5.41 Å². The lowest BCUT2D eigenvalue weighted by atomic mass is 9.72. The highest BCUT2D eigenvalue weighted by Gasteiger charge is 2.26. The molecule has 0 unspecified atom stereocenters. The van der Waals surface area contributed by atoms with E-state index in [0.29, 0.717) is 0 Å². The molecular formula is C30H33NO2. The number of para-hydroxylation sites is 1. The zero-order valence-electron chi connectivity index (χ0n) is 20.1. The molecule has 1 aliphatic carbocycles. The van der Waals surface area contributed by atoms with Crippen LogP contribution in [0.5, 0.6) is 0 Å². The molecule has 0 bridgehead atoms. The van der Waals surface area contributed by atoms with E-state index in [1.807, 2.05) is 18.2 Å². The third-order valence-electron chi connectivity index (χ3n) is 6.81. The predicted octanol–water partition coefficient (Wildman–Crippen LogP) is 7.92. The molecule has 0 amide bonds. The number of nitrogens with zero attached hydrogens (tertiary/aromatic N) is 1. The maximum atomic E-state index is 12.4. The Bertz CT molecular complexity index is 1330. The molecule has 33 heavy (non-hydrogen) atoms. The van der Waals surface area contributed by atoms with Crippen molar-refractivity contribution in [1.29, 1.82) is 0 Å². The quantitative estimate of drug-likeness (QED) is 0.241. The molecule has 3 aromatic rings. The largest absolute Gasteiger partial charge is 0.508 e. The Morgan fingerprint density at radius 1 is 1.06 bits per heavy atom. The lowest BCUT2D eigenvalue weighted by molar-refractivity contribution is -0.110. The maximum absolute atomic E-state index is 12.4. The molecule has 170 valence electrons. The fourth-order valence-electron chi connectivity index (χ4n) is 5.12. The monoisotopic (exact) mass is 439 g/mol. The summed E-state index contributed by atoms with van der Waals surface area (Å²) < 4.78 is 2.31. The van der Waals surface area contributed by atoms with Gasteiger partial charge in [0.15, 0.2) is 5.78 Å². The number of benzene rings is 2. The average Bonchev–Trinajstić information content (AvgIpc) is 3.10. The molecule has 1 N–H and O–H groups in total. The van der Waals surface area contributed by atoms with Crippen LogP contribution in [0.2, 0.25) is 0 Å². The van der Waals surface area contributed by atoms with Crippen molar-refractivity contribution < 1.29 is 9.90 Å². The number of carbonyl (C=O) groups is 1. The summed E-state index contributed by atoms with van der Waals surface area (Å²) >= 11 is 0. The summed E-state index contributed by atoms with van der Waals surface area (Å²) in [6, 6.07) is 14.7. The van der Waals surface area contributed by atoms with Gasteiger partial charge in [0.05, 0.1) is 0 Å². The molecule has 1 aliphatic rings. The Kier molecular flexibility index (Phi) is 6.42. The number of aliphatic hydroxyl groups is 1. The molecule has 0 saturated heterocycles. The minimum Gasteiger partial charge on any atom is -0.508 e. The Labute approximate surface area is 196 Å². The van der Waals surface area contributed by atoms with E-state index in [1.54, 1.807) is 12.2 Å². The maximum Gasteiger partial charge on any atom is 0.182 e. The van der Waals surface area contributed by atoms with Gasteiger partial charge in [-0.3, -0.25) is 4.79 Å². The van der Waals surface area contributed by atoms with Gasteiger partial charge in [-0.15, -0.1) is 0 Å². The van der Waals surface area contributed by atoms with E-state index >= 15 is 0 Å². The molecule has 0 saturated carbocycles. The zero-order chi connectivity index (χ0) is 23.6. The van der Waals surface area contributed by atoms with Crippen LogP contribution in [-0.4, -0.2) is 15.5 Å². The van der Waals surface area contributed by atoms with Gasteiger partial charge in [0.1, 0.15) is 5.76 Å². The molecule has 0 atom stereocenters. The van der Waals surface area contributed by atoms with E-state index in [-0.39, 0.29) is 17.0 Å². The number of aromatic nitrogens is 1. The molecule has 3 heteroatoms. The Balaban J connectivity index is 1.54. The summed E-state index contributed by atoms with van der Waals surface area (Å²) in [5.74, 6) is -0.255. The Morgan fingerprint density at radius 3 is 2.58 bits per heavy atom. The van der Waals surface area contributed by atoms with Crippen LogP contribution < -0.4 is 0 Å². The number of rotatable bonds is 6. The zero-order valence-corrected chi connectivity index (χ0v) is 20.1. The van der Waals surface area contributed by atoms with Gasteiger partial charge in [-0.1, -0.05) is 55.8 Å². The van der Waals surface area contributed by atoms with E-state index in [4.69, 9.17) is 0 Å². The normalized spacial score (nSPS) is 17.2. The first-order valence-corrected chi connectivity index (χ1v) is 11.8. The van der Waals surface area contributed by atoms with Crippen LogP contribution >= 0.6 is 0 Å². The van der Waals surface area contributed by atoms with Crippen molar-refractivity contribution in [1.82, 2.24) is 4.57 Å². The van der Waals surface area contributed by atoms with Crippen molar-refractivity contribution >= 4 is 33.7 Å². The summed E-state index contributed by atoms with van der Waals surface area (Å²) in [5, 5.41) is 12.7. The number of hydrogen-bond acceptors (Lipinski definition) is 2. The van der Waals surface area contributed by atoms with Gasteiger partial charge in [0.2, 0.25) is 0 Å². The Hall–Kier alpha value is -3.33. The second kappa shape index (κ2) is 9.27. The highest BCUT2D eigenvalue weighted by Crippen LogP contribution is 2.40. The molecule has 0 radical (unpaired) electrons. The van der Waals surface area contributed by atoms with E-state index in [1.165, 1.54) is 45.4 Å². The third-order valence-corrected chi connectivity index (χ3v) is 6.81. The van der Waals surface area contributed by atoms with Gasteiger partial charge in [0.25, 0.3) is 0 Å². The van der Waals surface area contributed by atoms with Crippen molar-refractivity contribution in [3.8, 4) is 0 Å². The minimum atomic E-state index is -0.208. The van der Waals surface area contributed by atoms with Crippen LogP contribution in [0.1, 0.15) is 52.5 Å². The second-order valence-corrected chi connectivity index (χ2v) is 9.61. The summed E-state index contributed by atoms with van der Waals surface area (Å²) in [6.07, 6.45) is 11.6. The molecule has 0 fully saturated rings. The van der Waals surface area contributed by atoms with Crippen LogP contribution in [0, 0.1) is 5.41 Å². The molecule has 2 aromatic carbocycles. The second-order valence-electron chi connectivity index (χ2n) is 9.61. The SMILES string of the molecule is CCn1c2ccccc2c2cc(/C=C/C(O)=C/C(=O)/C=C/C3=C(C)CCCC3(C)C)ccc21. The van der Waals surface area contributed by atoms with Gasteiger partial charge in [-0.05, 0) is 80.0 Å². The Morgan fingerprint density at radius 2 is 1.82 bits per heavy atom. The molecule has 4 rings (SSSR count). The minimum absolute atomic E-state index is 0.0469. The number of fused-ring (bicyclic) bond motifs is 3. The summed E-state index contributed by atoms with van der Waals surface area (Å²) in [5.41, 5.74) is 6.08. The van der Waals surface area contributed by atoms with Crippen LogP contribution in [0.4, 0.5) is 0 Å². The van der Waals surface area contributed by atoms with E-state index in [9.17, 15) is 9.90 Å². The van der Waals surface area contributed by atoms with Gasteiger partial charge >= 0.3 is 0 Å². The number of carbonyl (C=O) groups excluding carboxylic acids is 1. The first kappa shape index (κ1) is 22.8. The van der Waals surface area contributed by atoms with E-state index in [2.05, 4.69) is 68.7 Å². The number of ketones is 1. The standard InChI is InChI=1S/C30H33NO2/c1-5-31-28-11-7-6-10-25(28)26-19-22(13-17-29(26)31)12-14-23(32)20-24(33)15-16-27-21(2)9-8-18-30(27,3)4/h6-7,10-17,19-20,32H,5,8-9,18H2,1-4H3/b14-12+,16-15+,23-20-. The molecular weight excluding hydrogens is 406 g/mol. The van der Waals surface area contributed by atoms with Gasteiger partial charge in [-0.25, -0.2) is 0 Å². The molecule has 1 heterocycles. The number of aliphatic hydroxyl groups excluding tert-OH is 1. The van der Waals surface area contributed by atoms with Crippen LogP contribution in [0.15, 0.2) is 83.7 Å². The van der Waals surface area contributed by atoms with Crippen LogP contribution in [0.25, 0.3) is 27.9 Å². The lowest BCUT2D eigenvalue weighted by Crippen LogP contribution is -2.19. The van der Waals surface area contributed by atoms with Crippen molar-refractivity contribution in [3.63, 3.8) is 0 Å². The number of hydrogen-bond donors (Lipinski definition) is 1. The van der Waals surface area contributed by atoms with E-state index < -0.39 is 0 Å². The highest BCUT2D eigenvalue weighted by atomic mass is 16.3. The topological polar surface area (TPSA) is 42.2 Å². The molecule has 3 nitrogen and oxygen atoms in total. The third kappa shape index (κ3) is 4.73. The van der Waals surface area contributed by atoms with Crippen molar-refractivity contribution in [3.05, 3.63) is 89.2 Å². The highest BCUT2D eigenvalue weighted by molar-refractivity contribution is 6.08. The van der Waals surface area contributed by atoms with Crippen molar-refractivity contribution in [2.75, 3.05) is 0 Å². The smallest absolute Gasteiger partial charge is 0.182 e. The van der Waals surface area contributed by atoms with Crippen molar-refractivity contribution in [2.45, 2.75) is 53.5 Å². The first-order chi connectivity index (χ1) is 15.8. The fraction of sp³-hybridized carbons (Fsp3) is 0.300. The lowest BCUT2D eigenvalue weighted by Gasteiger charge is -2.32. The number of allylic oxidation sites excluding steroid dienone is 6. The summed E-state index contributed by atoms with van der Waals surface area (Å²) in [7, 11) is 0. The molecule has 0 aliphatic heterocycles. The van der Waals surface area contributed by atoms with Gasteiger partial charge < -0.3 is 9.67 Å².